The molecule has 0 N–H and O–H groups in total. The van der Waals surface area contributed by atoms with Crippen LogP contribution < -0.4 is 10.6 Å². The smallest absolute Gasteiger partial charge is 0.349 e. The average Bonchev–Trinajstić information content (AvgIpc) is 2.65. The van der Waals surface area contributed by atoms with Crippen molar-refractivity contribution in [3.8, 4) is 0 Å². The zero-order chi connectivity index (χ0) is 8.84. The van der Waals surface area contributed by atoms with Crippen molar-refractivity contribution in [2.75, 3.05) is 11.4 Å². The molecular formula is C9H11N3O. The molecule has 4 nitrogen and oxygen atoms in total. The molecule has 2 aliphatic heterocycles. The van der Waals surface area contributed by atoms with Crippen molar-refractivity contribution in [3.63, 3.8) is 0 Å². The summed E-state index contributed by atoms with van der Waals surface area (Å²) in [4.78, 5) is 17.4. The summed E-state index contributed by atoms with van der Waals surface area (Å²) >= 11 is 0. The topological polar surface area (TPSA) is 38.1 Å². The molecule has 0 aromatic carbocycles. The van der Waals surface area contributed by atoms with Crippen molar-refractivity contribution >= 4 is 5.82 Å². The quantitative estimate of drug-likeness (QED) is 0.569. The minimum Gasteiger partial charge on any atom is -0.353 e. The van der Waals surface area contributed by atoms with Gasteiger partial charge in [-0.05, 0) is 18.9 Å². The molecule has 1 atom stereocenters. The van der Waals surface area contributed by atoms with Gasteiger partial charge in [0.1, 0.15) is 5.82 Å². The van der Waals surface area contributed by atoms with Gasteiger partial charge in [0.05, 0.1) is 0 Å². The van der Waals surface area contributed by atoms with Crippen LogP contribution in [0.4, 0.5) is 5.82 Å². The summed E-state index contributed by atoms with van der Waals surface area (Å²) in [7, 11) is 0. The van der Waals surface area contributed by atoms with Crippen LogP contribution in [0.5, 0.6) is 0 Å². The number of hydrogen-bond acceptors (Lipinski definition) is 3. The first-order valence-corrected chi connectivity index (χ1v) is 4.69. The molecule has 13 heavy (non-hydrogen) atoms. The molecule has 0 bridgehead atoms. The van der Waals surface area contributed by atoms with Crippen LogP contribution in [0.1, 0.15) is 12.8 Å². The molecule has 0 radical (unpaired) electrons. The minimum atomic E-state index is -0.105. The van der Waals surface area contributed by atoms with Crippen molar-refractivity contribution < 1.29 is 0 Å². The molecule has 1 fully saturated rings. The van der Waals surface area contributed by atoms with E-state index in [1.165, 1.54) is 12.8 Å². The Bertz CT molecular complexity index is 398. The molecule has 1 saturated heterocycles. The Morgan fingerprint density at radius 1 is 1.54 bits per heavy atom. The fourth-order valence-electron chi connectivity index (χ4n) is 2.39. The Morgan fingerprint density at radius 3 is 3.38 bits per heavy atom. The van der Waals surface area contributed by atoms with Gasteiger partial charge < -0.3 is 4.90 Å². The molecule has 4 heteroatoms. The lowest BCUT2D eigenvalue weighted by atomic mass is 10.2. The molecule has 1 unspecified atom stereocenters. The van der Waals surface area contributed by atoms with Crippen LogP contribution in [0, 0.1) is 0 Å². The van der Waals surface area contributed by atoms with Crippen molar-refractivity contribution in [2.45, 2.75) is 25.4 Å². The third-order valence-corrected chi connectivity index (χ3v) is 2.98. The highest BCUT2D eigenvalue weighted by Gasteiger charge is 2.33. The molecule has 0 saturated carbocycles. The van der Waals surface area contributed by atoms with Gasteiger partial charge in [-0.2, -0.15) is 0 Å². The molecule has 0 amide bonds. The lowest BCUT2D eigenvalue weighted by Gasteiger charge is -2.15. The molecular weight excluding hydrogens is 166 g/mol. The lowest BCUT2D eigenvalue weighted by molar-refractivity contribution is 0.604. The second-order valence-electron chi connectivity index (χ2n) is 3.69. The SMILES string of the molecule is O=c1nccc2n1CC1CCCN21. The van der Waals surface area contributed by atoms with Gasteiger partial charge in [0.15, 0.2) is 0 Å². The summed E-state index contributed by atoms with van der Waals surface area (Å²) in [6.45, 7) is 1.93. The van der Waals surface area contributed by atoms with Gasteiger partial charge >= 0.3 is 5.69 Å². The van der Waals surface area contributed by atoms with Crippen LogP contribution >= 0.6 is 0 Å². The molecule has 0 aliphatic carbocycles. The minimum absolute atomic E-state index is 0.105. The number of fused-ring (bicyclic) bond motifs is 3. The molecule has 1 aromatic rings. The zero-order valence-corrected chi connectivity index (χ0v) is 7.31. The molecule has 0 spiro atoms. The Kier molecular flexibility index (Phi) is 1.28. The number of rotatable bonds is 0. The summed E-state index contributed by atoms with van der Waals surface area (Å²) < 4.78 is 1.78. The largest absolute Gasteiger partial charge is 0.353 e. The van der Waals surface area contributed by atoms with Gasteiger partial charge in [0.25, 0.3) is 0 Å². The predicted octanol–water partition coefficient (Wildman–Crippen LogP) is 0.226. The number of anilines is 1. The monoisotopic (exact) mass is 177 g/mol. The fraction of sp³-hybridized carbons (Fsp3) is 0.556. The Morgan fingerprint density at radius 2 is 2.46 bits per heavy atom. The number of aromatic nitrogens is 2. The van der Waals surface area contributed by atoms with Gasteiger partial charge in [-0.15, -0.1) is 0 Å². The molecule has 68 valence electrons. The van der Waals surface area contributed by atoms with Crippen molar-refractivity contribution in [1.29, 1.82) is 0 Å². The van der Waals surface area contributed by atoms with Crippen LogP contribution in [-0.4, -0.2) is 22.1 Å². The van der Waals surface area contributed by atoms with E-state index in [0.29, 0.717) is 6.04 Å². The van der Waals surface area contributed by atoms with E-state index in [9.17, 15) is 4.79 Å². The first kappa shape index (κ1) is 7.12. The van der Waals surface area contributed by atoms with Crippen LogP contribution in [-0.2, 0) is 6.54 Å². The maximum atomic E-state index is 11.4. The standard InChI is InChI=1S/C9H11N3O/c13-9-10-4-3-8-11-5-1-2-7(11)6-12(8)9/h3-4,7H,1-2,5-6H2. The van der Waals surface area contributed by atoms with E-state index < -0.39 is 0 Å². The molecule has 1 aromatic heterocycles. The van der Waals surface area contributed by atoms with Crippen LogP contribution in [0.3, 0.4) is 0 Å². The van der Waals surface area contributed by atoms with Crippen LogP contribution in [0.15, 0.2) is 17.1 Å². The maximum Gasteiger partial charge on any atom is 0.349 e. The maximum absolute atomic E-state index is 11.4. The normalized spacial score (nSPS) is 24.6. The highest BCUT2D eigenvalue weighted by atomic mass is 16.1. The van der Waals surface area contributed by atoms with E-state index in [0.717, 1.165) is 18.9 Å². The molecule has 3 heterocycles. The van der Waals surface area contributed by atoms with Gasteiger partial charge in [0.2, 0.25) is 0 Å². The Labute approximate surface area is 75.8 Å². The van der Waals surface area contributed by atoms with Gasteiger partial charge in [-0.3, -0.25) is 4.57 Å². The fourth-order valence-corrected chi connectivity index (χ4v) is 2.39. The number of nitrogens with zero attached hydrogens (tertiary/aromatic N) is 3. The molecule has 2 aliphatic rings. The second kappa shape index (κ2) is 2.34. The van der Waals surface area contributed by atoms with E-state index in [1.54, 1.807) is 10.8 Å². The van der Waals surface area contributed by atoms with Crippen molar-refractivity contribution in [2.24, 2.45) is 0 Å². The first-order valence-electron chi connectivity index (χ1n) is 4.69. The average molecular weight is 177 g/mol. The van der Waals surface area contributed by atoms with E-state index in [-0.39, 0.29) is 5.69 Å². The van der Waals surface area contributed by atoms with E-state index in [2.05, 4.69) is 9.88 Å². The third-order valence-electron chi connectivity index (χ3n) is 2.98. The molecule has 3 rings (SSSR count). The van der Waals surface area contributed by atoms with Gasteiger partial charge in [0, 0.05) is 25.3 Å². The predicted molar refractivity (Wildman–Crippen MR) is 48.9 cm³/mol. The second-order valence-corrected chi connectivity index (χ2v) is 3.69. The summed E-state index contributed by atoms with van der Waals surface area (Å²) in [6, 6.07) is 2.49. The van der Waals surface area contributed by atoms with Gasteiger partial charge in [-0.1, -0.05) is 0 Å². The zero-order valence-electron chi connectivity index (χ0n) is 7.31. The Hall–Kier alpha value is -1.32. The highest BCUT2D eigenvalue weighted by molar-refractivity contribution is 5.44. The van der Waals surface area contributed by atoms with Gasteiger partial charge in [-0.25, -0.2) is 9.78 Å². The third kappa shape index (κ3) is 0.855. The number of hydrogen-bond donors (Lipinski definition) is 0. The van der Waals surface area contributed by atoms with Crippen molar-refractivity contribution in [1.82, 2.24) is 9.55 Å². The first-order chi connectivity index (χ1) is 6.36. The van der Waals surface area contributed by atoms with E-state index >= 15 is 0 Å². The van der Waals surface area contributed by atoms with Crippen LogP contribution in [0.2, 0.25) is 0 Å². The summed E-state index contributed by atoms with van der Waals surface area (Å²) in [5.74, 6) is 1.06. The van der Waals surface area contributed by atoms with Crippen molar-refractivity contribution in [3.05, 3.63) is 22.7 Å². The Balaban J connectivity index is 2.17. The van der Waals surface area contributed by atoms with E-state index in [1.807, 2.05) is 6.07 Å². The summed E-state index contributed by atoms with van der Waals surface area (Å²) in [6.07, 6.45) is 4.07. The lowest BCUT2D eigenvalue weighted by Crippen LogP contribution is -2.24. The summed E-state index contributed by atoms with van der Waals surface area (Å²) in [5, 5.41) is 0. The summed E-state index contributed by atoms with van der Waals surface area (Å²) in [5.41, 5.74) is -0.105. The van der Waals surface area contributed by atoms with E-state index in [4.69, 9.17) is 0 Å². The van der Waals surface area contributed by atoms with Crippen LogP contribution in [0.25, 0.3) is 0 Å². The highest BCUT2D eigenvalue weighted by Crippen LogP contribution is 2.30.